The SMILES string of the molecule is CC1(C)N=C(C2CCCN2)Nc2cc(B3OC(C)(C)C(C)(C)O3)ccc21. The van der Waals surface area contributed by atoms with Crippen molar-refractivity contribution in [3.63, 3.8) is 0 Å². The molecule has 0 aliphatic carbocycles. The molecule has 4 rings (SSSR count). The number of hydrogen-bond donors (Lipinski definition) is 2. The van der Waals surface area contributed by atoms with E-state index in [1.165, 1.54) is 12.0 Å². The van der Waals surface area contributed by atoms with Gasteiger partial charge in [-0.15, -0.1) is 0 Å². The summed E-state index contributed by atoms with van der Waals surface area (Å²) in [6, 6.07) is 6.76. The fraction of sp³-hybridized carbons (Fsp3) is 0.650. The van der Waals surface area contributed by atoms with Gasteiger partial charge in [0.15, 0.2) is 0 Å². The highest BCUT2D eigenvalue weighted by Gasteiger charge is 2.52. The van der Waals surface area contributed by atoms with E-state index in [0.717, 1.165) is 30.0 Å². The molecule has 0 aromatic heterocycles. The van der Waals surface area contributed by atoms with E-state index < -0.39 is 0 Å². The molecule has 0 amide bonds. The van der Waals surface area contributed by atoms with Crippen molar-refractivity contribution < 1.29 is 9.31 Å². The Morgan fingerprint density at radius 1 is 1.08 bits per heavy atom. The summed E-state index contributed by atoms with van der Waals surface area (Å²) in [4.78, 5) is 4.99. The number of aliphatic imine (C=N–C) groups is 1. The summed E-state index contributed by atoms with van der Waals surface area (Å²) < 4.78 is 12.5. The quantitative estimate of drug-likeness (QED) is 0.801. The second kappa shape index (κ2) is 5.81. The molecule has 2 N–H and O–H groups in total. The molecule has 1 aromatic carbocycles. The van der Waals surface area contributed by atoms with Crippen molar-refractivity contribution in [2.45, 2.75) is 77.2 Å². The molecule has 6 heteroatoms. The third-order valence-corrected chi connectivity index (χ3v) is 6.28. The van der Waals surface area contributed by atoms with Crippen molar-refractivity contribution in [2.24, 2.45) is 4.99 Å². The molecule has 2 saturated heterocycles. The monoisotopic (exact) mass is 355 g/mol. The third kappa shape index (κ3) is 2.88. The van der Waals surface area contributed by atoms with Crippen molar-refractivity contribution in [2.75, 3.05) is 11.9 Å². The minimum atomic E-state index is -0.345. The number of nitrogens with one attached hydrogen (secondary N) is 2. The Bertz CT molecular complexity index is 735. The van der Waals surface area contributed by atoms with Crippen LogP contribution >= 0.6 is 0 Å². The topological polar surface area (TPSA) is 54.9 Å². The van der Waals surface area contributed by atoms with E-state index in [4.69, 9.17) is 14.3 Å². The highest BCUT2D eigenvalue weighted by Crippen LogP contribution is 2.38. The number of amidine groups is 1. The molecule has 2 fully saturated rings. The lowest BCUT2D eigenvalue weighted by Crippen LogP contribution is -2.42. The first-order valence-electron chi connectivity index (χ1n) is 9.69. The molecule has 0 saturated carbocycles. The number of hydrogen-bond acceptors (Lipinski definition) is 5. The number of benzene rings is 1. The van der Waals surface area contributed by atoms with Gasteiger partial charge in [-0.05, 0) is 72.5 Å². The molecular formula is C20H30BN3O2. The lowest BCUT2D eigenvalue weighted by atomic mass is 9.77. The summed E-state index contributed by atoms with van der Waals surface area (Å²) in [5.41, 5.74) is 2.46. The summed E-state index contributed by atoms with van der Waals surface area (Å²) >= 11 is 0. The maximum Gasteiger partial charge on any atom is 0.494 e. The van der Waals surface area contributed by atoms with Crippen LogP contribution in [0, 0.1) is 0 Å². The van der Waals surface area contributed by atoms with Gasteiger partial charge in [-0.2, -0.15) is 0 Å². The predicted octanol–water partition coefficient (Wildman–Crippen LogP) is 2.80. The van der Waals surface area contributed by atoms with Crippen LogP contribution in [0.25, 0.3) is 0 Å². The highest BCUT2D eigenvalue weighted by atomic mass is 16.7. The van der Waals surface area contributed by atoms with Gasteiger partial charge in [0.25, 0.3) is 0 Å². The molecule has 3 aliphatic heterocycles. The van der Waals surface area contributed by atoms with Crippen molar-refractivity contribution in [3.8, 4) is 0 Å². The van der Waals surface area contributed by atoms with E-state index in [2.05, 4.69) is 70.4 Å². The Hall–Kier alpha value is -1.37. The number of fused-ring (bicyclic) bond motifs is 1. The summed E-state index contributed by atoms with van der Waals surface area (Å²) in [6.07, 6.45) is 2.33. The molecule has 26 heavy (non-hydrogen) atoms. The normalized spacial score (nSPS) is 28.5. The molecule has 5 nitrogen and oxygen atoms in total. The van der Waals surface area contributed by atoms with Gasteiger partial charge >= 0.3 is 7.12 Å². The first-order chi connectivity index (χ1) is 12.1. The molecule has 3 aliphatic rings. The summed E-state index contributed by atoms with van der Waals surface area (Å²) in [5, 5.41) is 7.12. The zero-order valence-electron chi connectivity index (χ0n) is 16.8. The van der Waals surface area contributed by atoms with Gasteiger partial charge < -0.3 is 19.9 Å². The van der Waals surface area contributed by atoms with Crippen LogP contribution in [-0.2, 0) is 14.8 Å². The van der Waals surface area contributed by atoms with Gasteiger partial charge in [0.2, 0.25) is 0 Å². The average Bonchev–Trinajstić information content (AvgIpc) is 3.13. The number of rotatable bonds is 2. The lowest BCUT2D eigenvalue weighted by molar-refractivity contribution is 0.00578. The molecule has 1 atom stereocenters. The van der Waals surface area contributed by atoms with Gasteiger partial charge in [0, 0.05) is 11.3 Å². The third-order valence-electron chi connectivity index (χ3n) is 6.28. The molecule has 140 valence electrons. The smallest absolute Gasteiger partial charge is 0.399 e. The summed E-state index contributed by atoms with van der Waals surface area (Å²) in [7, 11) is -0.345. The zero-order chi connectivity index (χ0) is 18.7. The van der Waals surface area contributed by atoms with Gasteiger partial charge in [-0.1, -0.05) is 12.1 Å². The van der Waals surface area contributed by atoms with Crippen molar-refractivity contribution >= 4 is 24.1 Å². The van der Waals surface area contributed by atoms with Crippen LogP contribution in [-0.4, -0.2) is 36.7 Å². The van der Waals surface area contributed by atoms with E-state index in [1.807, 2.05) is 0 Å². The largest absolute Gasteiger partial charge is 0.494 e. The lowest BCUT2D eigenvalue weighted by Gasteiger charge is -2.33. The summed E-state index contributed by atoms with van der Waals surface area (Å²) in [6.45, 7) is 13.8. The Morgan fingerprint density at radius 2 is 1.77 bits per heavy atom. The Kier molecular flexibility index (Phi) is 4.03. The Labute approximate surface area is 157 Å². The van der Waals surface area contributed by atoms with Crippen LogP contribution in [0.5, 0.6) is 0 Å². The van der Waals surface area contributed by atoms with Crippen LogP contribution < -0.4 is 16.1 Å². The first-order valence-corrected chi connectivity index (χ1v) is 9.69. The van der Waals surface area contributed by atoms with Crippen LogP contribution in [0.2, 0.25) is 0 Å². The molecular weight excluding hydrogens is 325 g/mol. The highest BCUT2D eigenvalue weighted by molar-refractivity contribution is 6.62. The first kappa shape index (κ1) is 18.0. The Balaban J connectivity index is 1.65. The minimum Gasteiger partial charge on any atom is -0.399 e. The van der Waals surface area contributed by atoms with Crippen molar-refractivity contribution in [1.29, 1.82) is 0 Å². The van der Waals surface area contributed by atoms with Gasteiger partial charge in [0.05, 0.1) is 22.8 Å². The molecule has 1 aromatic rings. The van der Waals surface area contributed by atoms with Gasteiger partial charge in [-0.3, -0.25) is 4.99 Å². The van der Waals surface area contributed by atoms with E-state index >= 15 is 0 Å². The second-order valence-electron chi connectivity index (χ2n) is 9.22. The number of anilines is 1. The maximum absolute atomic E-state index is 6.23. The second-order valence-corrected chi connectivity index (χ2v) is 9.22. The molecule has 0 spiro atoms. The van der Waals surface area contributed by atoms with Gasteiger partial charge in [-0.25, -0.2) is 0 Å². The van der Waals surface area contributed by atoms with Gasteiger partial charge in [0.1, 0.15) is 5.84 Å². The van der Waals surface area contributed by atoms with Crippen LogP contribution in [0.4, 0.5) is 5.69 Å². The minimum absolute atomic E-state index is 0.241. The average molecular weight is 355 g/mol. The predicted molar refractivity (Wildman–Crippen MR) is 107 cm³/mol. The van der Waals surface area contributed by atoms with E-state index in [0.29, 0.717) is 6.04 Å². The fourth-order valence-electron chi connectivity index (χ4n) is 3.93. The van der Waals surface area contributed by atoms with Crippen molar-refractivity contribution in [3.05, 3.63) is 23.8 Å². The standard InChI is InChI=1S/C20H30BN3O2/c1-18(2)14-10-9-13(21-25-19(3,4)20(5,6)26-21)12-16(14)23-17(24-18)15-8-7-11-22-15/h9-10,12,15,22H,7-8,11H2,1-6H3,(H,23,24). The number of nitrogens with zero attached hydrogens (tertiary/aromatic N) is 1. The van der Waals surface area contributed by atoms with E-state index in [-0.39, 0.29) is 23.9 Å². The van der Waals surface area contributed by atoms with E-state index in [9.17, 15) is 0 Å². The zero-order valence-corrected chi connectivity index (χ0v) is 16.8. The Morgan fingerprint density at radius 3 is 2.38 bits per heavy atom. The van der Waals surface area contributed by atoms with Crippen LogP contribution in [0.3, 0.4) is 0 Å². The summed E-state index contributed by atoms with van der Waals surface area (Å²) in [5.74, 6) is 1.05. The molecule has 1 unspecified atom stereocenters. The van der Waals surface area contributed by atoms with E-state index in [1.54, 1.807) is 0 Å². The molecule has 3 heterocycles. The molecule has 0 bridgehead atoms. The fourth-order valence-corrected chi connectivity index (χ4v) is 3.93. The van der Waals surface area contributed by atoms with Crippen LogP contribution in [0.15, 0.2) is 23.2 Å². The molecule has 0 radical (unpaired) electrons. The maximum atomic E-state index is 6.23. The van der Waals surface area contributed by atoms with Crippen molar-refractivity contribution in [1.82, 2.24) is 5.32 Å². The van der Waals surface area contributed by atoms with Crippen LogP contribution in [0.1, 0.15) is 59.9 Å².